The fourth-order valence-electron chi connectivity index (χ4n) is 3.79. The minimum absolute atomic E-state index is 0.100. The van der Waals surface area contributed by atoms with Gasteiger partial charge >= 0.3 is 6.03 Å². The summed E-state index contributed by atoms with van der Waals surface area (Å²) in [5, 5.41) is 7.43. The number of rotatable bonds is 7. The third-order valence-corrected chi connectivity index (χ3v) is 6.33. The second-order valence-electron chi connectivity index (χ2n) is 9.01. The van der Waals surface area contributed by atoms with Crippen molar-refractivity contribution in [3.8, 4) is 11.5 Å². The van der Waals surface area contributed by atoms with Gasteiger partial charge in [0.25, 0.3) is 0 Å². The highest BCUT2D eigenvalue weighted by Gasteiger charge is 2.56. The zero-order chi connectivity index (χ0) is 26.9. The highest BCUT2D eigenvalue weighted by molar-refractivity contribution is 6.16. The van der Waals surface area contributed by atoms with Crippen molar-refractivity contribution in [3.63, 3.8) is 0 Å². The van der Waals surface area contributed by atoms with Gasteiger partial charge in [-0.25, -0.2) is 22.9 Å². The van der Waals surface area contributed by atoms with E-state index in [1.807, 2.05) is 0 Å². The first-order valence-electron chi connectivity index (χ1n) is 11.8. The van der Waals surface area contributed by atoms with Crippen molar-refractivity contribution < 1.29 is 32.3 Å². The van der Waals surface area contributed by atoms with Crippen LogP contribution in [0.2, 0.25) is 0 Å². The van der Waals surface area contributed by atoms with Gasteiger partial charge in [-0.3, -0.25) is 14.9 Å². The van der Waals surface area contributed by atoms with Crippen LogP contribution in [-0.4, -0.2) is 40.8 Å². The van der Waals surface area contributed by atoms with E-state index in [-0.39, 0.29) is 30.4 Å². The number of urea groups is 1. The minimum atomic E-state index is -1.44. The van der Waals surface area contributed by atoms with E-state index in [1.54, 1.807) is 4.90 Å². The van der Waals surface area contributed by atoms with Crippen LogP contribution < -0.4 is 20.7 Å². The van der Waals surface area contributed by atoms with Gasteiger partial charge < -0.3 is 20.3 Å². The van der Waals surface area contributed by atoms with Gasteiger partial charge in [0, 0.05) is 43.2 Å². The van der Waals surface area contributed by atoms with E-state index in [0.29, 0.717) is 18.8 Å². The molecule has 38 heavy (non-hydrogen) atoms. The fourth-order valence-corrected chi connectivity index (χ4v) is 3.79. The Morgan fingerprint density at radius 2 is 1.58 bits per heavy atom. The van der Waals surface area contributed by atoms with E-state index in [0.717, 1.165) is 30.7 Å². The van der Waals surface area contributed by atoms with Crippen LogP contribution in [0.4, 0.5) is 35.2 Å². The van der Waals surface area contributed by atoms with Gasteiger partial charge in [0.15, 0.2) is 17.4 Å². The van der Waals surface area contributed by atoms with Crippen LogP contribution in [0.25, 0.3) is 0 Å². The third kappa shape index (κ3) is 5.24. The SMILES string of the molecule is O=C(Nc1cc(Oc2cc(F)c(NC(=O)C3(C(=O)Nc4ccc(F)cc4)CC3)cc2F)ccn1)N1CCC1. The van der Waals surface area contributed by atoms with Crippen molar-refractivity contribution in [2.75, 3.05) is 29.0 Å². The summed E-state index contributed by atoms with van der Waals surface area (Å²) in [6.07, 6.45) is 2.71. The van der Waals surface area contributed by atoms with E-state index in [9.17, 15) is 27.6 Å². The van der Waals surface area contributed by atoms with Crippen LogP contribution in [0.1, 0.15) is 19.3 Å². The summed E-state index contributed by atoms with van der Waals surface area (Å²) in [6.45, 7) is 1.30. The predicted molar refractivity (Wildman–Crippen MR) is 131 cm³/mol. The maximum atomic E-state index is 14.8. The van der Waals surface area contributed by atoms with Gasteiger partial charge in [0.2, 0.25) is 11.8 Å². The number of carbonyl (C=O) groups is 3. The number of hydrogen-bond acceptors (Lipinski definition) is 5. The molecule has 1 aliphatic heterocycles. The van der Waals surface area contributed by atoms with Crippen LogP contribution in [0, 0.1) is 22.9 Å². The Morgan fingerprint density at radius 3 is 2.24 bits per heavy atom. The normalized spacial score (nSPS) is 15.2. The topological polar surface area (TPSA) is 113 Å². The lowest BCUT2D eigenvalue weighted by molar-refractivity contribution is -0.131. The summed E-state index contributed by atoms with van der Waals surface area (Å²) < 4.78 is 48.1. The molecule has 1 aromatic heterocycles. The predicted octanol–water partition coefficient (Wildman–Crippen LogP) is 4.89. The summed E-state index contributed by atoms with van der Waals surface area (Å²) in [5.74, 6) is -4.03. The van der Waals surface area contributed by atoms with Gasteiger partial charge in [-0.1, -0.05) is 0 Å². The number of aromatic nitrogens is 1. The zero-order valence-corrected chi connectivity index (χ0v) is 19.9. The molecule has 2 fully saturated rings. The van der Waals surface area contributed by atoms with E-state index in [1.165, 1.54) is 30.5 Å². The quantitative estimate of drug-likeness (QED) is 0.381. The molecule has 5 rings (SSSR count). The van der Waals surface area contributed by atoms with Gasteiger partial charge in [-0.2, -0.15) is 0 Å². The Hall–Kier alpha value is -4.61. The highest BCUT2D eigenvalue weighted by Crippen LogP contribution is 2.47. The molecule has 4 amide bonds. The lowest BCUT2D eigenvalue weighted by Crippen LogP contribution is -2.44. The molecule has 0 radical (unpaired) electrons. The molecule has 9 nitrogen and oxygen atoms in total. The number of halogens is 3. The summed E-state index contributed by atoms with van der Waals surface area (Å²) >= 11 is 0. The molecule has 2 heterocycles. The first-order chi connectivity index (χ1) is 18.2. The number of anilines is 3. The maximum absolute atomic E-state index is 14.8. The van der Waals surface area contributed by atoms with Gasteiger partial charge in [-0.05, 0) is 49.6 Å². The Morgan fingerprint density at radius 1 is 0.868 bits per heavy atom. The van der Waals surface area contributed by atoms with Gasteiger partial charge in [-0.15, -0.1) is 0 Å². The molecule has 1 saturated carbocycles. The van der Waals surface area contributed by atoms with Crippen LogP contribution in [0.15, 0.2) is 54.7 Å². The van der Waals surface area contributed by atoms with E-state index < -0.39 is 46.1 Å². The minimum Gasteiger partial charge on any atom is -0.454 e. The van der Waals surface area contributed by atoms with E-state index in [2.05, 4.69) is 20.9 Å². The Bertz CT molecular complexity index is 1410. The molecule has 0 unspecified atom stereocenters. The number of amides is 4. The molecule has 196 valence electrons. The first-order valence-corrected chi connectivity index (χ1v) is 11.8. The molecule has 2 aliphatic rings. The molecule has 0 atom stereocenters. The van der Waals surface area contributed by atoms with Crippen molar-refractivity contribution in [2.24, 2.45) is 5.41 Å². The molecule has 0 spiro atoms. The third-order valence-electron chi connectivity index (χ3n) is 6.33. The molecular formula is C26H22F3N5O4. The van der Waals surface area contributed by atoms with Crippen molar-refractivity contribution in [1.82, 2.24) is 9.88 Å². The number of carbonyl (C=O) groups excluding carboxylic acids is 3. The fraction of sp³-hybridized carbons (Fsp3) is 0.231. The number of likely N-dealkylation sites (tertiary alicyclic amines) is 1. The number of hydrogen-bond donors (Lipinski definition) is 3. The Balaban J connectivity index is 1.24. The van der Waals surface area contributed by atoms with Crippen LogP contribution in [0.3, 0.4) is 0 Å². The van der Waals surface area contributed by atoms with Crippen LogP contribution in [-0.2, 0) is 9.59 Å². The lowest BCUT2D eigenvalue weighted by atomic mass is 10.0. The number of nitrogens with one attached hydrogen (secondary N) is 3. The van der Waals surface area contributed by atoms with Crippen molar-refractivity contribution >= 4 is 35.0 Å². The summed E-state index contributed by atoms with van der Waals surface area (Å²) in [5.41, 5.74) is -1.60. The van der Waals surface area contributed by atoms with E-state index >= 15 is 0 Å². The number of benzene rings is 2. The standard InChI is InChI=1S/C26H22F3N5O4/c27-15-2-4-16(5-3-15)31-23(35)26(7-8-26)24(36)32-20-13-19(29)21(14-18(20)28)38-17-6-9-30-22(12-17)33-25(37)34-10-1-11-34/h2-6,9,12-14H,1,7-8,10-11H2,(H,31,35)(H,32,36)(H,30,33,37). The summed E-state index contributed by atoms with van der Waals surface area (Å²) in [7, 11) is 0. The van der Waals surface area contributed by atoms with Gasteiger partial charge in [0.05, 0.1) is 5.69 Å². The molecule has 1 saturated heterocycles. The van der Waals surface area contributed by atoms with Crippen molar-refractivity contribution in [2.45, 2.75) is 19.3 Å². The highest BCUT2D eigenvalue weighted by atomic mass is 19.1. The molecular weight excluding hydrogens is 503 g/mol. The van der Waals surface area contributed by atoms with Crippen LogP contribution in [0.5, 0.6) is 11.5 Å². The average Bonchev–Trinajstić information content (AvgIpc) is 3.65. The number of ether oxygens (including phenoxy) is 1. The molecule has 12 heteroatoms. The van der Waals surface area contributed by atoms with Crippen LogP contribution >= 0.6 is 0 Å². The smallest absolute Gasteiger partial charge is 0.323 e. The number of pyridine rings is 1. The van der Waals surface area contributed by atoms with Crippen molar-refractivity contribution in [1.29, 1.82) is 0 Å². The maximum Gasteiger partial charge on any atom is 0.323 e. The molecule has 3 N–H and O–H groups in total. The molecule has 3 aromatic rings. The van der Waals surface area contributed by atoms with E-state index in [4.69, 9.17) is 4.74 Å². The van der Waals surface area contributed by atoms with Gasteiger partial charge in [0.1, 0.15) is 22.8 Å². The largest absolute Gasteiger partial charge is 0.454 e. The monoisotopic (exact) mass is 525 g/mol. The second-order valence-corrected chi connectivity index (χ2v) is 9.01. The summed E-state index contributed by atoms with van der Waals surface area (Å²) in [4.78, 5) is 43.2. The lowest BCUT2D eigenvalue weighted by Gasteiger charge is -2.30. The first kappa shape index (κ1) is 25.1. The molecule has 2 aromatic carbocycles. The molecule has 0 bridgehead atoms. The average molecular weight is 525 g/mol. The van der Waals surface area contributed by atoms with Crippen molar-refractivity contribution in [3.05, 3.63) is 72.2 Å². The molecule has 1 aliphatic carbocycles. The number of nitrogens with zero attached hydrogens (tertiary/aromatic N) is 2. The zero-order valence-electron chi connectivity index (χ0n) is 19.9. The summed E-state index contributed by atoms with van der Waals surface area (Å²) in [6, 6.07) is 8.98. The Kier molecular flexibility index (Phi) is 6.62. The second kappa shape index (κ2) is 10.0. The Labute approximate surface area is 215 Å².